The Labute approximate surface area is 160 Å². The number of carbonyl (C=O) groups is 1. The SMILES string of the molecule is O=C(Cn1c(-c2cscn2)nc2ccccc21)Nc1ccc2c(c1)CCC2. The van der Waals surface area contributed by atoms with Gasteiger partial charge in [-0.05, 0) is 54.7 Å². The first-order valence-corrected chi connectivity index (χ1v) is 9.98. The number of imidazole rings is 1. The Kier molecular flexibility index (Phi) is 3.98. The first-order chi connectivity index (χ1) is 13.3. The van der Waals surface area contributed by atoms with Crippen LogP contribution in [0, 0.1) is 0 Å². The van der Waals surface area contributed by atoms with Crippen LogP contribution in [-0.4, -0.2) is 20.4 Å². The number of hydrogen-bond donors (Lipinski definition) is 1. The van der Waals surface area contributed by atoms with Gasteiger partial charge in [0.1, 0.15) is 12.2 Å². The van der Waals surface area contributed by atoms with Gasteiger partial charge in [-0.15, -0.1) is 11.3 Å². The fraction of sp³-hybridized carbons (Fsp3) is 0.190. The van der Waals surface area contributed by atoms with Crippen LogP contribution in [0.3, 0.4) is 0 Å². The lowest BCUT2D eigenvalue weighted by Gasteiger charge is -2.10. The molecule has 0 unspecified atom stereocenters. The molecule has 0 radical (unpaired) electrons. The Balaban J connectivity index is 1.45. The molecule has 0 saturated heterocycles. The summed E-state index contributed by atoms with van der Waals surface area (Å²) >= 11 is 1.52. The normalized spacial score (nSPS) is 13.0. The van der Waals surface area contributed by atoms with Crippen molar-refractivity contribution >= 4 is 34.0 Å². The van der Waals surface area contributed by atoms with Crippen molar-refractivity contribution in [3.63, 3.8) is 0 Å². The van der Waals surface area contributed by atoms with E-state index >= 15 is 0 Å². The summed E-state index contributed by atoms with van der Waals surface area (Å²) in [6.45, 7) is 0.199. The van der Waals surface area contributed by atoms with Gasteiger partial charge in [-0.3, -0.25) is 4.79 Å². The molecular weight excluding hydrogens is 356 g/mol. The molecule has 2 aromatic carbocycles. The third-order valence-corrected chi connectivity index (χ3v) is 5.59. The fourth-order valence-corrected chi connectivity index (χ4v) is 4.28. The molecule has 0 atom stereocenters. The molecule has 0 fully saturated rings. The Morgan fingerprint density at radius 1 is 1.15 bits per heavy atom. The highest BCUT2D eigenvalue weighted by atomic mass is 32.1. The van der Waals surface area contributed by atoms with Crippen LogP contribution in [0.15, 0.2) is 53.4 Å². The van der Waals surface area contributed by atoms with E-state index in [1.807, 2.05) is 40.3 Å². The molecule has 27 heavy (non-hydrogen) atoms. The van der Waals surface area contributed by atoms with Crippen LogP contribution in [-0.2, 0) is 24.2 Å². The highest BCUT2D eigenvalue weighted by molar-refractivity contribution is 7.07. The summed E-state index contributed by atoms with van der Waals surface area (Å²) in [4.78, 5) is 21.8. The molecule has 4 aromatic rings. The topological polar surface area (TPSA) is 59.8 Å². The molecular formula is C21H18N4OS. The number of rotatable bonds is 4. The molecule has 2 heterocycles. The summed E-state index contributed by atoms with van der Waals surface area (Å²) in [6.07, 6.45) is 3.44. The van der Waals surface area contributed by atoms with E-state index in [4.69, 9.17) is 0 Å². The number of anilines is 1. The summed E-state index contributed by atoms with van der Waals surface area (Å²) in [5.41, 5.74) is 7.99. The minimum Gasteiger partial charge on any atom is -0.325 e. The van der Waals surface area contributed by atoms with Crippen molar-refractivity contribution < 1.29 is 4.79 Å². The third kappa shape index (κ3) is 3.02. The molecule has 0 saturated carbocycles. The van der Waals surface area contributed by atoms with Crippen molar-refractivity contribution in [1.82, 2.24) is 14.5 Å². The molecule has 1 amide bonds. The first-order valence-electron chi connectivity index (χ1n) is 9.03. The van der Waals surface area contributed by atoms with E-state index < -0.39 is 0 Å². The van der Waals surface area contributed by atoms with E-state index in [0.717, 1.165) is 41.1 Å². The average molecular weight is 374 g/mol. The Bertz CT molecular complexity index is 1130. The summed E-state index contributed by atoms with van der Waals surface area (Å²) in [7, 11) is 0. The predicted octanol–water partition coefficient (Wildman–Crippen LogP) is 4.29. The van der Waals surface area contributed by atoms with E-state index in [0.29, 0.717) is 0 Å². The number of benzene rings is 2. The van der Waals surface area contributed by atoms with E-state index in [9.17, 15) is 4.79 Å². The summed E-state index contributed by atoms with van der Waals surface area (Å²) in [5, 5.41) is 5.00. The van der Waals surface area contributed by atoms with Crippen LogP contribution in [0.25, 0.3) is 22.6 Å². The van der Waals surface area contributed by atoms with Crippen molar-refractivity contribution in [3.8, 4) is 11.5 Å². The van der Waals surface area contributed by atoms with Crippen LogP contribution in [0.1, 0.15) is 17.5 Å². The van der Waals surface area contributed by atoms with Gasteiger partial charge in [0.25, 0.3) is 0 Å². The van der Waals surface area contributed by atoms with Gasteiger partial charge in [0.15, 0.2) is 5.82 Å². The van der Waals surface area contributed by atoms with Crippen LogP contribution < -0.4 is 5.32 Å². The van der Waals surface area contributed by atoms with Crippen molar-refractivity contribution in [2.75, 3.05) is 5.32 Å². The second-order valence-electron chi connectivity index (χ2n) is 6.77. The molecule has 0 bridgehead atoms. The lowest BCUT2D eigenvalue weighted by molar-refractivity contribution is -0.116. The van der Waals surface area contributed by atoms with Gasteiger partial charge in [-0.25, -0.2) is 9.97 Å². The minimum atomic E-state index is -0.0624. The zero-order valence-corrected chi connectivity index (χ0v) is 15.5. The molecule has 5 rings (SSSR count). The molecule has 0 spiro atoms. The number of nitrogens with one attached hydrogen (secondary N) is 1. The Hall–Kier alpha value is -2.99. The number of fused-ring (bicyclic) bond motifs is 2. The molecule has 1 N–H and O–H groups in total. The number of aryl methyl sites for hydroxylation is 2. The van der Waals surface area contributed by atoms with Crippen LogP contribution in [0.5, 0.6) is 0 Å². The highest BCUT2D eigenvalue weighted by Gasteiger charge is 2.17. The second-order valence-corrected chi connectivity index (χ2v) is 7.49. The first kappa shape index (κ1) is 16.2. The van der Waals surface area contributed by atoms with Crippen molar-refractivity contribution in [2.24, 2.45) is 0 Å². The standard InChI is InChI=1S/C21H18N4OS/c26-20(23-16-9-8-14-4-3-5-15(14)10-16)11-25-19-7-2-1-6-17(19)24-21(25)18-12-27-13-22-18/h1-2,6-10,12-13H,3-5,11H2,(H,23,26). The van der Waals surface area contributed by atoms with Crippen LogP contribution >= 0.6 is 11.3 Å². The Morgan fingerprint density at radius 3 is 2.93 bits per heavy atom. The number of hydrogen-bond acceptors (Lipinski definition) is 4. The molecule has 1 aliphatic carbocycles. The Morgan fingerprint density at radius 2 is 2.04 bits per heavy atom. The van der Waals surface area contributed by atoms with Gasteiger partial charge in [0.2, 0.25) is 5.91 Å². The quantitative estimate of drug-likeness (QED) is 0.580. The van der Waals surface area contributed by atoms with E-state index in [1.165, 1.54) is 28.9 Å². The molecule has 134 valence electrons. The zero-order valence-electron chi connectivity index (χ0n) is 14.7. The van der Waals surface area contributed by atoms with Gasteiger partial charge in [-0.2, -0.15) is 0 Å². The lowest BCUT2D eigenvalue weighted by atomic mass is 10.1. The van der Waals surface area contributed by atoms with Crippen molar-refractivity contribution in [2.45, 2.75) is 25.8 Å². The van der Waals surface area contributed by atoms with Gasteiger partial charge in [-0.1, -0.05) is 18.2 Å². The maximum absolute atomic E-state index is 12.8. The van der Waals surface area contributed by atoms with Gasteiger partial charge >= 0.3 is 0 Å². The van der Waals surface area contributed by atoms with Crippen molar-refractivity contribution in [1.29, 1.82) is 0 Å². The minimum absolute atomic E-state index is 0.0624. The van der Waals surface area contributed by atoms with Crippen LogP contribution in [0.4, 0.5) is 5.69 Å². The number of amides is 1. The summed E-state index contributed by atoms with van der Waals surface area (Å²) in [6, 6.07) is 14.1. The van der Waals surface area contributed by atoms with Crippen molar-refractivity contribution in [3.05, 3.63) is 64.5 Å². The molecule has 5 nitrogen and oxygen atoms in total. The third-order valence-electron chi connectivity index (χ3n) is 5.00. The number of nitrogens with zero attached hydrogens (tertiary/aromatic N) is 3. The highest BCUT2D eigenvalue weighted by Crippen LogP contribution is 2.26. The molecule has 2 aromatic heterocycles. The maximum Gasteiger partial charge on any atom is 0.244 e. The summed E-state index contributed by atoms with van der Waals surface area (Å²) in [5.74, 6) is 0.661. The monoisotopic (exact) mass is 374 g/mol. The predicted molar refractivity (Wildman–Crippen MR) is 108 cm³/mol. The maximum atomic E-state index is 12.8. The fourth-order valence-electron chi connectivity index (χ4n) is 3.75. The largest absolute Gasteiger partial charge is 0.325 e. The summed E-state index contributed by atoms with van der Waals surface area (Å²) < 4.78 is 1.94. The lowest BCUT2D eigenvalue weighted by Crippen LogP contribution is -2.19. The smallest absolute Gasteiger partial charge is 0.244 e. The van der Waals surface area contributed by atoms with E-state index in [1.54, 1.807) is 5.51 Å². The number of thiazole rings is 1. The van der Waals surface area contributed by atoms with E-state index in [2.05, 4.69) is 27.4 Å². The van der Waals surface area contributed by atoms with E-state index in [-0.39, 0.29) is 12.5 Å². The zero-order chi connectivity index (χ0) is 18.2. The molecule has 1 aliphatic rings. The number of para-hydroxylation sites is 2. The molecule has 6 heteroatoms. The number of aromatic nitrogens is 3. The van der Waals surface area contributed by atoms with Gasteiger partial charge in [0.05, 0.1) is 16.5 Å². The molecule has 0 aliphatic heterocycles. The van der Waals surface area contributed by atoms with Crippen LogP contribution in [0.2, 0.25) is 0 Å². The van der Waals surface area contributed by atoms with Gasteiger partial charge in [0, 0.05) is 11.1 Å². The number of carbonyl (C=O) groups excluding carboxylic acids is 1. The average Bonchev–Trinajstić information content (AvgIpc) is 3.41. The second kappa shape index (κ2) is 6.63. The van der Waals surface area contributed by atoms with Gasteiger partial charge < -0.3 is 9.88 Å².